The highest BCUT2D eigenvalue weighted by Crippen LogP contribution is 2.42. The van der Waals surface area contributed by atoms with Crippen LogP contribution in [0.25, 0.3) is 11.1 Å². The van der Waals surface area contributed by atoms with E-state index in [-0.39, 0.29) is 24.7 Å². The average molecular weight is 922 g/mol. The van der Waals surface area contributed by atoms with E-state index in [1.165, 1.54) is 14.0 Å². The number of aliphatic hydroxyl groups excluding tert-OH is 1. The largest absolute Gasteiger partial charge is 0.458 e. The van der Waals surface area contributed by atoms with E-state index in [4.69, 9.17) is 29.5 Å². The van der Waals surface area contributed by atoms with Crippen LogP contribution in [-0.4, -0.2) is 140 Å². The lowest BCUT2D eigenvalue weighted by Gasteiger charge is -2.47. The number of ketones is 2. The van der Waals surface area contributed by atoms with Gasteiger partial charge in [-0.2, -0.15) is 0 Å². The number of hydrogen-bond acceptors (Lipinski definition) is 15. The lowest BCUT2D eigenvalue weighted by molar-refractivity contribution is -0.296. The summed E-state index contributed by atoms with van der Waals surface area (Å²) in [5.74, 6) is 0.721. The molecule has 5 heterocycles. The number of nitrogens with two attached hydrogens (primary N) is 1. The van der Waals surface area contributed by atoms with Crippen molar-refractivity contribution in [1.29, 1.82) is 0 Å². The Balaban J connectivity index is 1.17. The summed E-state index contributed by atoms with van der Waals surface area (Å²) in [6.45, 7) is 13.2. The van der Waals surface area contributed by atoms with Gasteiger partial charge in [-0.15, -0.1) is 5.10 Å². The van der Waals surface area contributed by atoms with Gasteiger partial charge in [-0.1, -0.05) is 63.2 Å². The van der Waals surface area contributed by atoms with Crippen molar-refractivity contribution in [3.05, 3.63) is 66.2 Å². The number of aromatic nitrogens is 4. The molecule has 3 N–H and O–H groups in total. The van der Waals surface area contributed by atoms with E-state index in [2.05, 4.69) is 15.3 Å². The fourth-order valence-electron chi connectivity index (χ4n) is 10.3. The first-order valence-corrected chi connectivity index (χ1v) is 23.0. The topological polar surface area (TPSA) is 211 Å². The van der Waals surface area contributed by atoms with Gasteiger partial charge in [0.1, 0.15) is 36.6 Å². The number of fused-ring (bicyclic) bond motifs is 1. The second-order valence-electron chi connectivity index (χ2n) is 19.0. The van der Waals surface area contributed by atoms with Gasteiger partial charge in [0, 0.05) is 62.5 Å². The number of hydrogen-bond donors (Lipinski definition) is 2. The number of esters is 1. The van der Waals surface area contributed by atoms with E-state index in [1.807, 2.05) is 55.3 Å². The van der Waals surface area contributed by atoms with Crippen LogP contribution in [0.1, 0.15) is 92.0 Å². The molecule has 6 rings (SSSR count). The van der Waals surface area contributed by atoms with Crippen molar-refractivity contribution in [2.75, 3.05) is 27.4 Å². The van der Waals surface area contributed by atoms with Crippen LogP contribution in [0, 0.1) is 23.7 Å². The number of amides is 1. The fraction of sp³-hybridized carbons (Fsp3) is 0.646. The Morgan fingerprint density at radius 3 is 2.38 bits per heavy atom. The van der Waals surface area contributed by atoms with Crippen LogP contribution in [0.4, 0.5) is 9.18 Å². The standard InChI is InChI=1S/C48H68FN7O10/c1-11-38-48(8)42(56(50)46(61)66-48)29(4)39(57)27(2)23-47(7,62-10)43(30(5)40(58)31(6)44(60)64-38)65-45-41(59)37(21-28(3)63-45)54(9)20-18-35-26-55(53-52-35)36(24-49)22-32-14-16-33(17-15-32)34-13-12-19-51-25-34/h12-17,19,25-31,36-38,41-43,45,59H,11,18,20-24,50H2,1-10H3/t27-,28-,29+,30+,31-,36+,37+,38-,41-,42+,43-,45+,47-,48-/m1/s1. The molecule has 0 aliphatic carbocycles. The van der Waals surface area contributed by atoms with Gasteiger partial charge in [0.05, 0.1) is 29.5 Å². The molecule has 18 heteroatoms. The van der Waals surface area contributed by atoms with Gasteiger partial charge in [0.15, 0.2) is 17.7 Å². The number of aliphatic hydroxyl groups is 1. The molecule has 1 aromatic carbocycles. The third kappa shape index (κ3) is 10.5. The van der Waals surface area contributed by atoms with Gasteiger partial charge >= 0.3 is 12.1 Å². The molecule has 2 aromatic heterocycles. The molecule has 17 nitrogen and oxygen atoms in total. The van der Waals surface area contributed by atoms with Crippen LogP contribution >= 0.6 is 0 Å². The minimum atomic E-state index is -1.50. The van der Waals surface area contributed by atoms with Crippen molar-refractivity contribution in [3.63, 3.8) is 0 Å². The van der Waals surface area contributed by atoms with Crippen molar-refractivity contribution in [1.82, 2.24) is 29.9 Å². The lowest BCUT2D eigenvalue weighted by atomic mass is 9.73. The van der Waals surface area contributed by atoms with Crippen molar-refractivity contribution in [2.45, 2.75) is 148 Å². The summed E-state index contributed by atoms with van der Waals surface area (Å²) in [5.41, 5.74) is 0.784. The maximum absolute atomic E-state index is 14.4. The van der Waals surface area contributed by atoms with E-state index in [0.29, 0.717) is 31.5 Å². The molecule has 1 amide bonds. The third-order valence-corrected chi connectivity index (χ3v) is 14.3. The van der Waals surface area contributed by atoms with E-state index in [0.717, 1.165) is 21.7 Å². The van der Waals surface area contributed by atoms with E-state index in [9.17, 15) is 28.7 Å². The molecule has 0 bridgehead atoms. The number of ether oxygens (including phenoxy) is 5. The molecule has 3 saturated heterocycles. The quantitative estimate of drug-likeness (QED) is 0.0991. The van der Waals surface area contributed by atoms with Gasteiger partial charge in [0.25, 0.3) is 0 Å². The Morgan fingerprint density at radius 2 is 1.74 bits per heavy atom. The van der Waals surface area contributed by atoms with Gasteiger partial charge in [-0.25, -0.2) is 24.7 Å². The number of pyridine rings is 1. The second-order valence-corrected chi connectivity index (χ2v) is 19.0. The maximum atomic E-state index is 14.4. The molecular formula is C48H68FN7O10. The van der Waals surface area contributed by atoms with Crippen LogP contribution in [0.2, 0.25) is 0 Å². The van der Waals surface area contributed by atoms with Gasteiger partial charge in [0.2, 0.25) is 0 Å². The smallest absolute Gasteiger partial charge is 0.425 e. The molecule has 0 unspecified atom stereocenters. The van der Waals surface area contributed by atoms with Crippen LogP contribution < -0.4 is 5.84 Å². The Hall–Kier alpha value is -4.72. The van der Waals surface area contributed by atoms with Gasteiger partial charge in [-0.05, 0) is 83.2 Å². The predicted octanol–water partition coefficient (Wildman–Crippen LogP) is 5.08. The summed E-state index contributed by atoms with van der Waals surface area (Å²) in [5, 5.41) is 21.5. The zero-order chi connectivity index (χ0) is 48.2. The first-order chi connectivity index (χ1) is 31.3. The van der Waals surface area contributed by atoms with E-state index >= 15 is 0 Å². The molecule has 14 atom stereocenters. The summed E-state index contributed by atoms with van der Waals surface area (Å²) in [4.78, 5) is 61.6. The Labute approximate surface area is 386 Å². The fourth-order valence-corrected chi connectivity index (χ4v) is 10.3. The number of cyclic esters (lactones) is 1. The Bertz CT molecular complexity index is 2150. The highest BCUT2D eigenvalue weighted by molar-refractivity contribution is 6.00. The van der Waals surface area contributed by atoms with Crippen molar-refractivity contribution in [3.8, 4) is 11.1 Å². The summed E-state index contributed by atoms with van der Waals surface area (Å²) in [6.07, 6.45) is 0.985. The zero-order valence-corrected chi connectivity index (χ0v) is 39.8. The molecule has 3 aliphatic rings. The Morgan fingerprint density at radius 1 is 1.03 bits per heavy atom. The second kappa shape index (κ2) is 21.1. The summed E-state index contributed by atoms with van der Waals surface area (Å²) in [6, 6.07) is 9.80. The van der Waals surface area contributed by atoms with Crippen LogP contribution in [0.5, 0.6) is 0 Å². The van der Waals surface area contributed by atoms with Crippen molar-refractivity contribution >= 4 is 23.6 Å². The minimum Gasteiger partial charge on any atom is -0.458 e. The molecule has 0 saturated carbocycles. The van der Waals surface area contributed by atoms with E-state index < -0.39 is 102 Å². The summed E-state index contributed by atoms with van der Waals surface area (Å²) in [7, 11) is 3.33. The minimum absolute atomic E-state index is 0.0535. The first kappa shape index (κ1) is 50.7. The molecule has 66 heavy (non-hydrogen) atoms. The molecule has 3 aromatic rings. The number of Topliss-reactive ketones (excluding diaryl/α,β-unsaturated/α-hetero) is 2. The zero-order valence-electron chi connectivity index (χ0n) is 39.8. The van der Waals surface area contributed by atoms with Crippen molar-refractivity contribution < 1.29 is 52.4 Å². The highest BCUT2D eigenvalue weighted by Gasteiger charge is 2.60. The molecule has 362 valence electrons. The third-order valence-electron chi connectivity index (χ3n) is 14.3. The molecule has 3 aliphatic heterocycles. The molecule has 0 spiro atoms. The number of likely N-dealkylation sites (N-methyl/N-ethyl adjacent to an activating group) is 1. The number of rotatable bonds is 13. The SMILES string of the molecule is CC[C@H]1OC(=O)[C@H](C)C(=O)[C@H](C)[C@@H](O[C@@H]2O[C@H](C)C[C@H](N(C)CCc3cn([C@H](CF)Cc4ccc(-c5cccnc5)cc4)nn3)[C@H]2O)[C@](C)(OC)C[C@@H](C)C(=O)[C@H](C)[C@@H]2N(N)C(=O)O[C@@]21C. The number of carbonyl (C=O) groups excluding carboxylic acids is 4. The Kier molecular flexibility index (Phi) is 16.2. The van der Waals surface area contributed by atoms with Crippen LogP contribution in [0.3, 0.4) is 0 Å². The number of benzene rings is 1. The first-order valence-electron chi connectivity index (χ1n) is 23.0. The molecule has 3 fully saturated rings. The number of halogens is 1. The number of methoxy groups -OCH3 is 1. The normalized spacial score (nSPS) is 34.2. The highest BCUT2D eigenvalue weighted by atomic mass is 19.1. The van der Waals surface area contributed by atoms with Crippen molar-refractivity contribution in [2.24, 2.45) is 29.5 Å². The predicted molar refractivity (Wildman–Crippen MR) is 240 cm³/mol. The molecule has 0 radical (unpaired) electrons. The van der Waals surface area contributed by atoms with E-state index in [1.54, 1.807) is 64.8 Å². The number of carbonyl (C=O) groups is 4. The lowest BCUT2D eigenvalue weighted by Crippen LogP contribution is -2.61. The summed E-state index contributed by atoms with van der Waals surface area (Å²) < 4.78 is 46.8. The monoisotopic (exact) mass is 922 g/mol. The van der Waals surface area contributed by atoms with Gasteiger partial charge in [-0.3, -0.25) is 19.4 Å². The van der Waals surface area contributed by atoms with Crippen LogP contribution in [-0.2, 0) is 50.9 Å². The average Bonchev–Trinajstić information content (AvgIpc) is 3.88. The van der Waals surface area contributed by atoms with Crippen LogP contribution in [0.15, 0.2) is 55.0 Å². The molecular weight excluding hydrogens is 854 g/mol. The number of hydrazine groups is 1. The number of nitrogens with zero attached hydrogens (tertiary/aromatic N) is 6. The van der Waals surface area contributed by atoms with Gasteiger partial charge < -0.3 is 33.7 Å². The number of alkyl halides is 1. The maximum Gasteiger partial charge on any atom is 0.425 e. The summed E-state index contributed by atoms with van der Waals surface area (Å²) >= 11 is 0.